The summed E-state index contributed by atoms with van der Waals surface area (Å²) >= 11 is 0. The first kappa shape index (κ1) is 17.0. The lowest BCUT2D eigenvalue weighted by Gasteiger charge is -2.35. The van der Waals surface area contributed by atoms with Crippen molar-refractivity contribution < 1.29 is 19.0 Å². The number of ketones is 1. The quantitative estimate of drug-likeness (QED) is 0.808. The predicted molar refractivity (Wildman–Crippen MR) is 99.7 cm³/mol. The normalized spacial score (nSPS) is 24.0. The van der Waals surface area contributed by atoms with Gasteiger partial charge in [0.25, 0.3) is 0 Å². The molecule has 3 unspecified atom stereocenters. The molecule has 0 aromatic heterocycles. The third-order valence-electron chi connectivity index (χ3n) is 5.96. The first-order valence-electron chi connectivity index (χ1n) is 9.12. The first-order valence-corrected chi connectivity index (χ1v) is 9.12. The van der Waals surface area contributed by atoms with Gasteiger partial charge in [-0.15, -0.1) is 0 Å². The van der Waals surface area contributed by atoms with Gasteiger partial charge in [0.2, 0.25) is 0 Å². The summed E-state index contributed by atoms with van der Waals surface area (Å²) in [6, 6.07) is 11.8. The molecule has 1 saturated carbocycles. The average molecular weight is 352 g/mol. The highest BCUT2D eigenvalue weighted by Gasteiger charge is 2.46. The molecule has 0 heterocycles. The van der Waals surface area contributed by atoms with Gasteiger partial charge in [-0.3, -0.25) is 4.79 Å². The van der Waals surface area contributed by atoms with Gasteiger partial charge in [-0.1, -0.05) is 18.6 Å². The Bertz CT molecular complexity index is 825. The number of methoxy groups -OCH3 is 3. The van der Waals surface area contributed by atoms with Crippen molar-refractivity contribution in [2.45, 2.75) is 31.1 Å². The van der Waals surface area contributed by atoms with E-state index in [0.29, 0.717) is 17.6 Å². The van der Waals surface area contributed by atoms with Crippen LogP contribution in [0.3, 0.4) is 0 Å². The summed E-state index contributed by atoms with van der Waals surface area (Å²) in [5.41, 5.74) is 2.90. The fourth-order valence-corrected chi connectivity index (χ4v) is 4.78. The molecule has 2 aliphatic rings. The Labute approximate surface area is 154 Å². The molecule has 0 N–H and O–H groups in total. The highest BCUT2D eigenvalue weighted by atomic mass is 16.5. The number of carbonyl (C=O) groups excluding carboxylic acids is 1. The molecule has 0 radical (unpaired) electrons. The van der Waals surface area contributed by atoms with Crippen LogP contribution in [0.1, 0.15) is 52.6 Å². The number of ether oxygens (including phenoxy) is 3. The number of hydrogen-bond donors (Lipinski definition) is 0. The molecular formula is C22H24O4. The van der Waals surface area contributed by atoms with E-state index in [1.807, 2.05) is 36.4 Å². The molecule has 0 aliphatic heterocycles. The van der Waals surface area contributed by atoms with E-state index in [-0.39, 0.29) is 11.7 Å². The van der Waals surface area contributed by atoms with E-state index in [1.54, 1.807) is 21.3 Å². The van der Waals surface area contributed by atoms with Crippen LogP contribution in [-0.2, 0) is 0 Å². The number of benzene rings is 2. The van der Waals surface area contributed by atoms with Gasteiger partial charge in [0.15, 0.2) is 5.78 Å². The van der Waals surface area contributed by atoms with Crippen LogP contribution in [0, 0.1) is 5.92 Å². The lowest BCUT2D eigenvalue weighted by atomic mass is 9.67. The average Bonchev–Trinajstić information content (AvgIpc) is 3.17. The molecule has 0 spiro atoms. The van der Waals surface area contributed by atoms with E-state index in [4.69, 9.17) is 14.2 Å². The zero-order valence-corrected chi connectivity index (χ0v) is 15.5. The predicted octanol–water partition coefficient (Wildman–Crippen LogP) is 4.58. The number of Topliss-reactive ketones (excluding diaryl/α,β-unsaturated/α-hetero) is 1. The Hall–Kier alpha value is -2.49. The lowest BCUT2D eigenvalue weighted by molar-refractivity contribution is 0.0903. The molecule has 0 bridgehead atoms. The zero-order valence-electron chi connectivity index (χ0n) is 15.5. The van der Waals surface area contributed by atoms with Crippen LogP contribution in [0.4, 0.5) is 0 Å². The van der Waals surface area contributed by atoms with Crippen molar-refractivity contribution >= 4 is 5.78 Å². The Morgan fingerprint density at radius 1 is 0.885 bits per heavy atom. The van der Waals surface area contributed by atoms with Crippen molar-refractivity contribution in [2.24, 2.45) is 5.92 Å². The van der Waals surface area contributed by atoms with Gasteiger partial charge in [0.1, 0.15) is 17.2 Å². The second kappa shape index (κ2) is 6.67. The molecule has 0 saturated heterocycles. The molecule has 3 atom stereocenters. The summed E-state index contributed by atoms with van der Waals surface area (Å²) in [4.78, 5) is 13.5. The number of carbonyl (C=O) groups is 1. The van der Waals surface area contributed by atoms with Crippen molar-refractivity contribution in [3.63, 3.8) is 0 Å². The van der Waals surface area contributed by atoms with E-state index in [1.165, 1.54) is 0 Å². The number of fused-ring (bicyclic) bond motifs is 3. The maximum atomic E-state index is 13.5. The van der Waals surface area contributed by atoms with E-state index >= 15 is 0 Å². The van der Waals surface area contributed by atoms with Gasteiger partial charge in [-0.25, -0.2) is 0 Å². The van der Waals surface area contributed by atoms with Gasteiger partial charge in [0, 0.05) is 6.07 Å². The SMILES string of the molecule is COc1ccc(C2C(=O)c3c(OC)cc(OC)cc3C3CCCC32)cc1. The van der Waals surface area contributed by atoms with E-state index in [0.717, 1.165) is 47.5 Å². The number of hydrogen-bond acceptors (Lipinski definition) is 4. The lowest BCUT2D eigenvalue weighted by Crippen LogP contribution is -2.31. The molecule has 2 aromatic rings. The molecule has 2 aromatic carbocycles. The smallest absolute Gasteiger partial charge is 0.174 e. The van der Waals surface area contributed by atoms with Crippen LogP contribution in [0.25, 0.3) is 0 Å². The van der Waals surface area contributed by atoms with Crippen molar-refractivity contribution in [3.8, 4) is 17.2 Å². The topological polar surface area (TPSA) is 44.8 Å². The van der Waals surface area contributed by atoms with Gasteiger partial charge < -0.3 is 14.2 Å². The van der Waals surface area contributed by atoms with E-state index < -0.39 is 0 Å². The van der Waals surface area contributed by atoms with Crippen LogP contribution in [0.15, 0.2) is 36.4 Å². The molecule has 4 nitrogen and oxygen atoms in total. The maximum Gasteiger partial charge on any atom is 0.174 e. The molecule has 4 heteroatoms. The largest absolute Gasteiger partial charge is 0.497 e. The van der Waals surface area contributed by atoms with Crippen LogP contribution in [0.5, 0.6) is 17.2 Å². The van der Waals surface area contributed by atoms with E-state index in [9.17, 15) is 4.79 Å². The Morgan fingerprint density at radius 3 is 2.27 bits per heavy atom. The standard InChI is InChI=1S/C22H24O4/c1-24-14-9-7-13(8-10-14)20-17-6-4-5-16(17)18-11-15(25-2)12-19(26-3)21(18)22(20)23/h7-12,16-17,20H,4-6H2,1-3H3. The molecule has 1 fully saturated rings. The van der Waals surface area contributed by atoms with Gasteiger partial charge >= 0.3 is 0 Å². The highest BCUT2D eigenvalue weighted by molar-refractivity contribution is 6.06. The van der Waals surface area contributed by atoms with Crippen LogP contribution >= 0.6 is 0 Å². The molecule has 4 rings (SSSR count). The van der Waals surface area contributed by atoms with E-state index in [2.05, 4.69) is 0 Å². The van der Waals surface area contributed by atoms with Crippen LogP contribution < -0.4 is 14.2 Å². The first-order chi connectivity index (χ1) is 12.7. The fourth-order valence-electron chi connectivity index (χ4n) is 4.78. The molecule has 26 heavy (non-hydrogen) atoms. The summed E-state index contributed by atoms with van der Waals surface area (Å²) in [5.74, 6) is 2.92. The minimum atomic E-state index is -0.122. The van der Waals surface area contributed by atoms with Gasteiger partial charge in [-0.2, -0.15) is 0 Å². The summed E-state index contributed by atoms with van der Waals surface area (Å²) < 4.78 is 16.3. The Balaban J connectivity index is 1.85. The molecular weight excluding hydrogens is 328 g/mol. The molecule has 136 valence electrons. The summed E-state index contributed by atoms with van der Waals surface area (Å²) in [5, 5.41) is 0. The highest BCUT2D eigenvalue weighted by Crippen LogP contribution is 2.55. The van der Waals surface area contributed by atoms with Crippen molar-refractivity contribution in [2.75, 3.05) is 21.3 Å². The molecule has 0 amide bonds. The minimum absolute atomic E-state index is 0.122. The minimum Gasteiger partial charge on any atom is -0.497 e. The summed E-state index contributed by atoms with van der Waals surface area (Å²) in [7, 11) is 4.92. The summed E-state index contributed by atoms with van der Waals surface area (Å²) in [6.45, 7) is 0. The fraction of sp³-hybridized carbons (Fsp3) is 0.409. The third-order valence-corrected chi connectivity index (χ3v) is 5.96. The second-order valence-electron chi connectivity index (χ2n) is 7.11. The summed E-state index contributed by atoms with van der Waals surface area (Å²) in [6.07, 6.45) is 3.33. The Morgan fingerprint density at radius 2 is 1.62 bits per heavy atom. The Kier molecular flexibility index (Phi) is 4.35. The van der Waals surface area contributed by atoms with Crippen LogP contribution in [-0.4, -0.2) is 27.1 Å². The van der Waals surface area contributed by atoms with Crippen LogP contribution in [0.2, 0.25) is 0 Å². The van der Waals surface area contributed by atoms with Crippen molar-refractivity contribution in [3.05, 3.63) is 53.1 Å². The van der Waals surface area contributed by atoms with Gasteiger partial charge in [-0.05, 0) is 54.0 Å². The molecule has 2 aliphatic carbocycles. The number of rotatable bonds is 4. The monoisotopic (exact) mass is 352 g/mol. The second-order valence-corrected chi connectivity index (χ2v) is 7.11. The zero-order chi connectivity index (χ0) is 18.3. The maximum absolute atomic E-state index is 13.5. The van der Waals surface area contributed by atoms with Crippen molar-refractivity contribution in [1.82, 2.24) is 0 Å². The third kappa shape index (κ3) is 2.56. The van der Waals surface area contributed by atoms with Crippen molar-refractivity contribution in [1.29, 1.82) is 0 Å². The van der Waals surface area contributed by atoms with Gasteiger partial charge in [0.05, 0.1) is 32.8 Å².